The van der Waals surface area contributed by atoms with Crippen LogP contribution in [0.25, 0.3) is 0 Å². The van der Waals surface area contributed by atoms with Gasteiger partial charge in [0.15, 0.2) is 5.78 Å². The van der Waals surface area contributed by atoms with Crippen LogP contribution in [0.15, 0.2) is 71.1 Å². The SMILES string of the molecule is COc1ccccc1[C@@H]1CC(=O)C2=C(C1)NC(C)=C(C(=O)OC1CCCC1)[C@@H]2c1cccc([N+](=O)[O-])c1. The molecular formula is C29H30N2O6. The summed E-state index contributed by atoms with van der Waals surface area (Å²) in [6.07, 6.45) is 4.32. The molecule has 8 heteroatoms. The molecule has 1 fully saturated rings. The number of ether oxygens (including phenoxy) is 2. The van der Waals surface area contributed by atoms with E-state index in [-0.39, 0.29) is 29.9 Å². The number of hydrogen-bond donors (Lipinski definition) is 1. The summed E-state index contributed by atoms with van der Waals surface area (Å²) in [6, 6.07) is 13.9. The van der Waals surface area contributed by atoms with Crippen molar-refractivity contribution in [2.24, 2.45) is 0 Å². The van der Waals surface area contributed by atoms with E-state index in [1.807, 2.05) is 24.3 Å². The number of benzene rings is 2. The van der Waals surface area contributed by atoms with E-state index in [1.165, 1.54) is 12.1 Å². The molecule has 2 atom stereocenters. The number of allylic oxidation sites excluding steroid dienone is 3. The number of Topliss-reactive ketones (excluding diaryl/α,β-unsaturated/α-hetero) is 1. The fourth-order valence-corrected chi connectivity index (χ4v) is 5.91. The fraction of sp³-hybridized carbons (Fsp3) is 0.379. The summed E-state index contributed by atoms with van der Waals surface area (Å²) < 4.78 is 11.4. The van der Waals surface area contributed by atoms with E-state index in [1.54, 1.807) is 26.2 Å². The van der Waals surface area contributed by atoms with Gasteiger partial charge in [-0.2, -0.15) is 0 Å². The first-order valence-corrected chi connectivity index (χ1v) is 12.7. The number of nitro groups is 1. The monoisotopic (exact) mass is 502 g/mol. The van der Waals surface area contributed by atoms with Crippen molar-refractivity contribution in [1.29, 1.82) is 0 Å². The number of nitro benzene ring substituents is 1. The number of non-ortho nitro benzene ring substituents is 1. The smallest absolute Gasteiger partial charge is 0.337 e. The van der Waals surface area contributed by atoms with Gasteiger partial charge in [-0.15, -0.1) is 0 Å². The molecule has 1 N–H and O–H groups in total. The summed E-state index contributed by atoms with van der Waals surface area (Å²) in [7, 11) is 1.61. The topological polar surface area (TPSA) is 108 Å². The number of dihydropyridines is 1. The van der Waals surface area contributed by atoms with E-state index in [0.717, 1.165) is 42.7 Å². The molecule has 2 aliphatic carbocycles. The molecule has 0 spiro atoms. The fourth-order valence-electron chi connectivity index (χ4n) is 5.91. The molecule has 2 aromatic carbocycles. The van der Waals surface area contributed by atoms with E-state index >= 15 is 0 Å². The van der Waals surface area contributed by atoms with Gasteiger partial charge in [0.25, 0.3) is 5.69 Å². The van der Waals surface area contributed by atoms with Gasteiger partial charge in [-0.25, -0.2) is 4.79 Å². The first-order chi connectivity index (χ1) is 17.9. The molecule has 5 rings (SSSR count). The molecule has 0 aromatic heterocycles. The quantitative estimate of drug-likeness (QED) is 0.318. The number of para-hydroxylation sites is 1. The first-order valence-electron chi connectivity index (χ1n) is 12.7. The van der Waals surface area contributed by atoms with Crippen LogP contribution in [-0.2, 0) is 14.3 Å². The molecule has 0 bridgehead atoms. The van der Waals surface area contributed by atoms with Gasteiger partial charge < -0.3 is 14.8 Å². The van der Waals surface area contributed by atoms with Crippen molar-refractivity contribution in [2.45, 2.75) is 63.4 Å². The van der Waals surface area contributed by atoms with Crippen molar-refractivity contribution in [3.63, 3.8) is 0 Å². The molecule has 0 radical (unpaired) electrons. The van der Waals surface area contributed by atoms with E-state index in [0.29, 0.717) is 28.8 Å². The first kappa shape index (κ1) is 24.7. The minimum atomic E-state index is -0.740. The second kappa shape index (κ2) is 10.2. The predicted octanol–water partition coefficient (Wildman–Crippen LogP) is 5.45. The average molecular weight is 503 g/mol. The van der Waals surface area contributed by atoms with Crippen LogP contribution >= 0.6 is 0 Å². The number of rotatable bonds is 6. The molecule has 192 valence electrons. The van der Waals surface area contributed by atoms with Gasteiger partial charge in [0, 0.05) is 47.4 Å². The highest BCUT2D eigenvalue weighted by molar-refractivity contribution is 6.04. The van der Waals surface area contributed by atoms with Gasteiger partial charge in [0.1, 0.15) is 11.9 Å². The standard InChI is InChI=1S/C29H30N2O6/c1-17-26(29(33)37-21-10-3-4-11-21)27(18-8-7-9-20(14-18)31(34)35)28-23(30-17)15-19(16-24(28)32)22-12-5-6-13-25(22)36-2/h5-9,12-14,19,21,27,30H,3-4,10-11,15-16H2,1-2H3/t19-,27-/m0/s1. The Bertz CT molecular complexity index is 1320. The maximum absolute atomic E-state index is 13.8. The highest BCUT2D eigenvalue weighted by Crippen LogP contribution is 2.47. The third-order valence-electron chi connectivity index (χ3n) is 7.62. The number of hydrogen-bond acceptors (Lipinski definition) is 7. The summed E-state index contributed by atoms with van der Waals surface area (Å²) in [5.41, 5.74) is 3.56. The van der Waals surface area contributed by atoms with Crippen LogP contribution in [0.2, 0.25) is 0 Å². The minimum Gasteiger partial charge on any atom is -0.496 e. The number of carbonyl (C=O) groups excluding carboxylic acids is 2. The lowest BCUT2D eigenvalue weighted by atomic mass is 9.71. The number of carbonyl (C=O) groups is 2. The molecule has 1 heterocycles. The van der Waals surface area contributed by atoms with Gasteiger partial charge in [-0.1, -0.05) is 30.3 Å². The van der Waals surface area contributed by atoms with Crippen molar-refractivity contribution in [3.05, 3.63) is 92.3 Å². The molecule has 1 saturated carbocycles. The van der Waals surface area contributed by atoms with Crippen molar-refractivity contribution < 1.29 is 24.0 Å². The molecular weight excluding hydrogens is 472 g/mol. The van der Waals surface area contributed by atoms with Crippen LogP contribution in [-0.4, -0.2) is 29.9 Å². The van der Waals surface area contributed by atoms with Crippen LogP contribution in [0, 0.1) is 10.1 Å². The Balaban J connectivity index is 1.58. The van der Waals surface area contributed by atoms with Crippen LogP contribution in [0.5, 0.6) is 5.75 Å². The van der Waals surface area contributed by atoms with Gasteiger partial charge >= 0.3 is 5.97 Å². The number of ketones is 1. The van der Waals surface area contributed by atoms with E-state index < -0.39 is 16.8 Å². The largest absolute Gasteiger partial charge is 0.496 e. The summed E-state index contributed by atoms with van der Waals surface area (Å²) in [4.78, 5) is 38.4. The molecule has 8 nitrogen and oxygen atoms in total. The molecule has 0 amide bonds. The van der Waals surface area contributed by atoms with Crippen LogP contribution < -0.4 is 10.1 Å². The van der Waals surface area contributed by atoms with Crippen LogP contribution in [0.4, 0.5) is 5.69 Å². The predicted molar refractivity (Wildman–Crippen MR) is 137 cm³/mol. The van der Waals surface area contributed by atoms with Crippen molar-refractivity contribution in [3.8, 4) is 5.75 Å². The maximum Gasteiger partial charge on any atom is 0.337 e. The Kier molecular flexibility index (Phi) is 6.82. The molecule has 0 saturated heterocycles. The Labute approximate surface area is 215 Å². The third kappa shape index (κ3) is 4.75. The summed E-state index contributed by atoms with van der Waals surface area (Å²) in [5.74, 6) is -0.681. The second-order valence-electron chi connectivity index (χ2n) is 9.92. The second-order valence-corrected chi connectivity index (χ2v) is 9.92. The minimum absolute atomic E-state index is 0.0884. The highest BCUT2D eigenvalue weighted by Gasteiger charge is 2.42. The Morgan fingerprint density at radius 1 is 1.08 bits per heavy atom. The van der Waals surface area contributed by atoms with E-state index in [2.05, 4.69) is 5.32 Å². The molecule has 0 unspecified atom stereocenters. The van der Waals surface area contributed by atoms with Crippen LogP contribution in [0.3, 0.4) is 0 Å². The molecule has 3 aliphatic rings. The highest BCUT2D eigenvalue weighted by atomic mass is 16.6. The zero-order chi connectivity index (χ0) is 26.1. The molecule has 2 aromatic rings. The lowest BCUT2D eigenvalue weighted by Gasteiger charge is -2.37. The van der Waals surface area contributed by atoms with Gasteiger partial charge in [0.2, 0.25) is 0 Å². The number of esters is 1. The summed E-state index contributed by atoms with van der Waals surface area (Å²) >= 11 is 0. The number of methoxy groups -OCH3 is 1. The summed E-state index contributed by atoms with van der Waals surface area (Å²) in [6.45, 7) is 1.80. The van der Waals surface area contributed by atoms with Crippen molar-refractivity contribution in [2.75, 3.05) is 7.11 Å². The van der Waals surface area contributed by atoms with Crippen LogP contribution in [0.1, 0.15) is 68.4 Å². The maximum atomic E-state index is 13.8. The van der Waals surface area contributed by atoms with Gasteiger partial charge in [-0.05, 0) is 56.2 Å². The Morgan fingerprint density at radius 3 is 2.57 bits per heavy atom. The third-order valence-corrected chi connectivity index (χ3v) is 7.62. The lowest BCUT2D eigenvalue weighted by Crippen LogP contribution is -2.36. The lowest BCUT2D eigenvalue weighted by molar-refractivity contribution is -0.384. The van der Waals surface area contributed by atoms with Crippen molar-refractivity contribution in [1.82, 2.24) is 5.32 Å². The van der Waals surface area contributed by atoms with Gasteiger partial charge in [0.05, 0.1) is 17.6 Å². The normalized spacial score (nSPS) is 21.9. The van der Waals surface area contributed by atoms with Crippen molar-refractivity contribution >= 4 is 17.4 Å². The van der Waals surface area contributed by atoms with Gasteiger partial charge in [-0.3, -0.25) is 14.9 Å². The zero-order valence-corrected chi connectivity index (χ0v) is 21.0. The number of nitrogens with zero attached hydrogens (tertiary/aromatic N) is 1. The van der Waals surface area contributed by atoms with E-state index in [9.17, 15) is 19.7 Å². The Morgan fingerprint density at radius 2 is 1.84 bits per heavy atom. The summed E-state index contributed by atoms with van der Waals surface area (Å²) in [5, 5.41) is 14.9. The average Bonchev–Trinajstić information content (AvgIpc) is 3.40. The Hall–Kier alpha value is -3.94. The number of nitrogens with one attached hydrogen (secondary N) is 1. The zero-order valence-electron chi connectivity index (χ0n) is 21.0. The van der Waals surface area contributed by atoms with E-state index in [4.69, 9.17) is 9.47 Å². The molecule has 1 aliphatic heterocycles. The molecule has 37 heavy (non-hydrogen) atoms.